The molecule has 1 aromatic carbocycles. The van der Waals surface area contributed by atoms with E-state index in [9.17, 15) is 9.59 Å². The van der Waals surface area contributed by atoms with Crippen LogP contribution in [0.15, 0.2) is 42.6 Å². The van der Waals surface area contributed by atoms with Gasteiger partial charge in [0, 0.05) is 18.5 Å². The van der Waals surface area contributed by atoms with E-state index in [0.717, 1.165) is 19.3 Å². The third kappa shape index (κ3) is 3.26. The molecule has 0 unspecified atom stereocenters. The van der Waals surface area contributed by atoms with E-state index >= 15 is 0 Å². The fraction of sp³-hybridized carbons (Fsp3) is 0.278. The van der Waals surface area contributed by atoms with Gasteiger partial charge in [0.15, 0.2) is 5.82 Å². The number of carbonyl (C=O) groups is 2. The third-order valence-electron chi connectivity index (χ3n) is 3.91. The van der Waals surface area contributed by atoms with Gasteiger partial charge in [0.2, 0.25) is 5.91 Å². The van der Waals surface area contributed by atoms with Gasteiger partial charge in [0.25, 0.3) is 5.91 Å². The molecular formula is C18H18ClN3O2. The summed E-state index contributed by atoms with van der Waals surface area (Å²) in [5.74, 6) is 0.743. The van der Waals surface area contributed by atoms with E-state index in [1.807, 2.05) is 6.07 Å². The average molecular weight is 344 g/mol. The zero-order chi connectivity index (χ0) is 16.9. The average Bonchev–Trinajstić information content (AvgIpc) is 2.73. The molecule has 6 heteroatoms. The van der Waals surface area contributed by atoms with Gasteiger partial charge in [-0.2, -0.15) is 0 Å². The number of fused-ring (bicyclic) bond motifs is 2. The highest BCUT2D eigenvalue weighted by Gasteiger charge is 2.29. The van der Waals surface area contributed by atoms with Crippen LogP contribution in [0.2, 0.25) is 0 Å². The number of unbranched alkanes of at least 4 members (excludes halogenated alkanes) is 2. The quantitative estimate of drug-likeness (QED) is 0.656. The summed E-state index contributed by atoms with van der Waals surface area (Å²) >= 11 is 5.69. The summed E-state index contributed by atoms with van der Waals surface area (Å²) in [5, 5.41) is 2.83. The molecule has 0 aliphatic carbocycles. The second kappa shape index (κ2) is 7.45. The lowest BCUT2D eigenvalue weighted by molar-refractivity contribution is -0.118. The molecular weight excluding hydrogens is 326 g/mol. The highest BCUT2D eigenvalue weighted by Crippen LogP contribution is 2.36. The van der Waals surface area contributed by atoms with E-state index in [4.69, 9.17) is 11.6 Å². The second-order valence-electron chi connectivity index (χ2n) is 5.57. The van der Waals surface area contributed by atoms with Crippen LogP contribution >= 0.6 is 11.6 Å². The Balaban J connectivity index is 1.98. The van der Waals surface area contributed by atoms with Crippen LogP contribution < -0.4 is 10.2 Å². The first-order chi connectivity index (χ1) is 11.7. The number of hydrogen-bond acceptors (Lipinski definition) is 3. The predicted octanol–water partition coefficient (Wildman–Crippen LogP) is 4.11. The number of nitrogens with zero attached hydrogens (tertiary/aromatic N) is 2. The molecule has 2 heterocycles. The lowest BCUT2D eigenvalue weighted by atomic mass is 10.1. The summed E-state index contributed by atoms with van der Waals surface area (Å²) in [6.45, 7) is 0. The zero-order valence-electron chi connectivity index (χ0n) is 13.2. The maximum atomic E-state index is 12.9. The van der Waals surface area contributed by atoms with Crippen molar-refractivity contribution >= 4 is 40.6 Å². The number of carbonyl (C=O) groups excluding carboxylic acids is 2. The van der Waals surface area contributed by atoms with Crippen LogP contribution in [-0.2, 0) is 4.79 Å². The van der Waals surface area contributed by atoms with Crippen molar-refractivity contribution in [1.29, 1.82) is 0 Å². The number of pyridine rings is 1. The van der Waals surface area contributed by atoms with Gasteiger partial charge < -0.3 is 5.32 Å². The number of hydrogen-bond donors (Lipinski definition) is 1. The summed E-state index contributed by atoms with van der Waals surface area (Å²) < 4.78 is 0. The Kier molecular flexibility index (Phi) is 5.11. The first-order valence-electron chi connectivity index (χ1n) is 7.96. The maximum absolute atomic E-state index is 12.9. The minimum absolute atomic E-state index is 0.0755. The van der Waals surface area contributed by atoms with Gasteiger partial charge in [-0.25, -0.2) is 4.98 Å². The van der Waals surface area contributed by atoms with Gasteiger partial charge in [0.05, 0.1) is 16.9 Å². The van der Waals surface area contributed by atoms with Crippen molar-refractivity contribution in [3.05, 3.63) is 48.2 Å². The maximum Gasteiger partial charge on any atom is 0.257 e. The molecule has 0 fully saturated rings. The Labute approximate surface area is 145 Å². The zero-order valence-corrected chi connectivity index (χ0v) is 13.9. The van der Waals surface area contributed by atoms with Crippen molar-refractivity contribution in [2.75, 3.05) is 16.1 Å². The van der Waals surface area contributed by atoms with E-state index in [0.29, 0.717) is 35.1 Å². The Morgan fingerprint density at radius 3 is 2.79 bits per heavy atom. The molecule has 0 bridgehead atoms. The van der Waals surface area contributed by atoms with Crippen LogP contribution in [0.4, 0.5) is 17.2 Å². The van der Waals surface area contributed by atoms with Crippen LogP contribution in [0.5, 0.6) is 0 Å². The topological polar surface area (TPSA) is 62.3 Å². The summed E-state index contributed by atoms with van der Waals surface area (Å²) in [5.41, 5.74) is 1.56. The molecule has 24 heavy (non-hydrogen) atoms. The molecule has 0 saturated carbocycles. The Hall–Kier alpha value is -2.40. The number of amides is 2. The number of aromatic nitrogens is 1. The van der Waals surface area contributed by atoms with Gasteiger partial charge in [-0.1, -0.05) is 18.6 Å². The fourth-order valence-electron chi connectivity index (χ4n) is 2.75. The summed E-state index contributed by atoms with van der Waals surface area (Å²) in [6.07, 6.45) is 4.55. The van der Waals surface area contributed by atoms with Crippen molar-refractivity contribution in [1.82, 2.24) is 4.98 Å². The molecule has 2 aromatic rings. The summed E-state index contributed by atoms with van der Waals surface area (Å²) in [4.78, 5) is 31.2. The molecule has 1 aliphatic heterocycles. The number of nitrogens with one attached hydrogen (secondary N) is 1. The number of alkyl halides is 1. The van der Waals surface area contributed by atoms with E-state index in [1.54, 1.807) is 41.4 Å². The van der Waals surface area contributed by atoms with Crippen LogP contribution in [0.3, 0.4) is 0 Å². The molecule has 0 radical (unpaired) electrons. The molecule has 1 N–H and O–H groups in total. The third-order valence-corrected chi connectivity index (χ3v) is 4.18. The highest BCUT2D eigenvalue weighted by molar-refractivity contribution is 6.18. The molecule has 5 nitrogen and oxygen atoms in total. The molecule has 1 aliphatic rings. The van der Waals surface area contributed by atoms with Crippen molar-refractivity contribution in [2.24, 2.45) is 0 Å². The molecule has 2 amide bonds. The SMILES string of the molecule is O=C1Nc2cccnc2N(C(=O)CCCCCCl)c2ccccc21. The number of anilines is 3. The van der Waals surface area contributed by atoms with Crippen LogP contribution in [0, 0.1) is 0 Å². The molecule has 3 rings (SSSR count). The summed E-state index contributed by atoms with van der Waals surface area (Å²) in [7, 11) is 0. The van der Waals surface area contributed by atoms with Gasteiger partial charge in [0.1, 0.15) is 0 Å². The van der Waals surface area contributed by atoms with Crippen molar-refractivity contribution in [2.45, 2.75) is 25.7 Å². The molecule has 124 valence electrons. The van der Waals surface area contributed by atoms with E-state index < -0.39 is 0 Å². The van der Waals surface area contributed by atoms with Crippen molar-refractivity contribution in [3.63, 3.8) is 0 Å². The van der Waals surface area contributed by atoms with Crippen LogP contribution in [0.25, 0.3) is 0 Å². The minimum Gasteiger partial charge on any atom is -0.319 e. The normalized spacial score (nSPS) is 12.9. The first-order valence-corrected chi connectivity index (χ1v) is 8.50. The Bertz CT molecular complexity index is 763. The van der Waals surface area contributed by atoms with Gasteiger partial charge in [-0.05, 0) is 37.1 Å². The molecule has 0 spiro atoms. The van der Waals surface area contributed by atoms with Crippen LogP contribution in [0.1, 0.15) is 36.0 Å². The Morgan fingerprint density at radius 2 is 1.96 bits per heavy atom. The molecule has 0 atom stereocenters. The monoisotopic (exact) mass is 343 g/mol. The molecule has 1 aromatic heterocycles. The minimum atomic E-state index is -0.239. The number of halogens is 1. The smallest absolute Gasteiger partial charge is 0.257 e. The standard InChI is InChI=1S/C18H18ClN3O2/c19-11-5-1-2-10-16(23)22-15-9-4-3-7-13(15)18(24)21-14-8-6-12-20-17(14)22/h3-4,6-9,12H,1-2,5,10-11H2,(H,21,24). The number of benzene rings is 1. The molecule has 0 saturated heterocycles. The fourth-order valence-corrected chi connectivity index (χ4v) is 2.94. The number of rotatable bonds is 5. The van der Waals surface area contributed by atoms with Gasteiger partial charge in [-0.15, -0.1) is 11.6 Å². The van der Waals surface area contributed by atoms with Crippen molar-refractivity contribution < 1.29 is 9.59 Å². The second-order valence-corrected chi connectivity index (χ2v) is 5.95. The van der Waals surface area contributed by atoms with Gasteiger partial charge >= 0.3 is 0 Å². The van der Waals surface area contributed by atoms with E-state index in [1.165, 1.54) is 0 Å². The van der Waals surface area contributed by atoms with E-state index in [2.05, 4.69) is 10.3 Å². The Morgan fingerprint density at radius 1 is 1.12 bits per heavy atom. The lowest BCUT2D eigenvalue weighted by Crippen LogP contribution is -2.27. The largest absolute Gasteiger partial charge is 0.319 e. The van der Waals surface area contributed by atoms with Crippen LogP contribution in [-0.4, -0.2) is 22.7 Å². The number of para-hydroxylation sites is 1. The summed E-state index contributed by atoms with van der Waals surface area (Å²) in [6, 6.07) is 10.6. The van der Waals surface area contributed by atoms with Gasteiger partial charge in [-0.3, -0.25) is 14.5 Å². The lowest BCUT2D eigenvalue weighted by Gasteiger charge is -2.22. The predicted molar refractivity (Wildman–Crippen MR) is 95.0 cm³/mol. The van der Waals surface area contributed by atoms with Crippen molar-refractivity contribution in [3.8, 4) is 0 Å². The highest BCUT2D eigenvalue weighted by atomic mass is 35.5. The first kappa shape index (κ1) is 16.5. The van der Waals surface area contributed by atoms with E-state index in [-0.39, 0.29) is 11.8 Å².